The summed E-state index contributed by atoms with van der Waals surface area (Å²) < 4.78 is 0. The lowest BCUT2D eigenvalue weighted by Crippen LogP contribution is -2.46. The minimum atomic E-state index is -0.918. The average Bonchev–Trinajstić information content (AvgIpc) is 2.78. The molecule has 0 saturated heterocycles. The van der Waals surface area contributed by atoms with E-state index in [1.807, 2.05) is 13.8 Å². The normalized spacial score (nSPS) is 33.6. The molecule has 17 heavy (non-hydrogen) atoms. The summed E-state index contributed by atoms with van der Waals surface area (Å²) in [5.41, 5.74) is 0. The molecule has 2 saturated carbocycles. The van der Waals surface area contributed by atoms with Crippen molar-refractivity contribution in [3.05, 3.63) is 0 Å². The lowest BCUT2D eigenvalue weighted by atomic mass is 9.98. The van der Waals surface area contributed by atoms with Gasteiger partial charge in [0.2, 0.25) is 5.91 Å². The largest absolute Gasteiger partial charge is 0.480 e. The molecule has 0 spiro atoms. The summed E-state index contributed by atoms with van der Waals surface area (Å²) in [5, 5.41) is 11.8. The zero-order chi connectivity index (χ0) is 12.6. The minimum absolute atomic E-state index is 0.0185. The van der Waals surface area contributed by atoms with Crippen molar-refractivity contribution in [1.82, 2.24) is 5.32 Å². The van der Waals surface area contributed by atoms with Crippen LogP contribution in [0, 0.1) is 23.7 Å². The zero-order valence-electron chi connectivity index (χ0n) is 10.5. The zero-order valence-corrected chi connectivity index (χ0v) is 10.5. The maximum atomic E-state index is 12.0. The SMILES string of the molecule is CCC(C)C(NC(=O)C1C2CCCC21)C(=O)O. The monoisotopic (exact) mass is 239 g/mol. The Labute approximate surface area is 102 Å². The van der Waals surface area contributed by atoms with Gasteiger partial charge in [-0.3, -0.25) is 4.79 Å². The van der Waals surface area contributed by atoms with E-state index in [2.05, 4.69) is 5.32 Å². The van der Waals surface area contributed by atoms with E-state index >= 15 is 0 Å². The molecule has 0 heterocycles. The number of fused-ring (bicyclic) bond motifs is 1. The first-order valence-corrected chi connectivity index (χ1v) is 6.59. The molecule has 0 aromatic rings. The second-order valence-electron chi connectivity index (χ2n) is 5.49. The molecule has 4 heteroatoms. The number of aliphatic carboxylic acids is 1. The van der Waals surface area contributed by atoms with E-state index in [1.165, 1.54) is 6.42 Å². The van der Waals surface area contributed by atoms with Gasteiger partial charge in [0, 0.05) is 5.92 Å². The van der Waals surface area contributed by atoms with Gasteiger partial charge in [-0.15, -0.1) is 0 Å². The second kappa shape index (κ2) is 4.67. The van der Waals surface area contributed by atoms with Crippen LogP contribution in [0.4, 0.5) is 0 Å². The Kier molecular flexibility index (Phi) is 3.40. The quantitative estimate of drug-likeness (QED) is 0.766. The molecule has 2 N–H and O–H groups in total. The molecule has 2 aliphatic carbocycles. The van der Waals surface area contributed by atoms with Crippen LogP contribution in [0.15, 0.2) is 0 Å². The number of rotatable bonds is 5. The fraction of sp³-hybridized carbons (Fsp3) is 0.846. The molecule has 2 rings (SSSR count). The summed E-state index contributed by atoms with van der Waals surface area (Å²) in [6, 6.07) is -0.728. The van der Waals surface area contributed by atoms with Gasteiger partial charge in [-0.2, -0.15) is 0 Å². The molecule has 4 unspecified atom stereocenters. The standard InChI is InChI=1S/C13H21NO3/c1-3-7(2)11(13(16)17)14-12(15)10-8-5-4-6-9(8)10/h7-11H,3-6H2,1-2H3,(H,14,15)(H,16,17). The molecule has 0 bridgehead atoms. The lowest BCUT2D eigenvalue weighted by molar-refractivity contribution is -0.143. The third-order valence-electron chi connectivity index (χ3n) is 4.49. The Morgan fingerprint density at radius 1 is 1.35 bits per heavy atom. The van der Waals surface area contributed by atoms with E-state index in [1.54, 1.807) is 0 Å². The first-order chi connectivity index (χ1) is 8.06. The number of nitrogens with one attached hydrogen (secondary N) is 1. The van der Waals surface area contributed by atoms with Gasteiger partial charge in [0.05, 0.1) is 0 Å². The van der Waals surface area contributed by atoms with Gasteiger partial charge in [-0.1, -0.05) is 26.7 Å². The van der Waals surface area contributed by atoms with Crippen molar-refractivity contribution >= 4 is 11.9 Å². The molecule has 4 nitrogen and oxygen atoms in total. The second-order valence-corrected chi connectivity index (χ2v) is 5.49. The molecular weight excluding hydrogens is 218 g/mol. The van der Waals surface area contributed by atoms with Crippen molar-refractivity contribution < 1.29 is 14.7 Å². The molecule has 0 aromatic heterocycles. The van der Waals surface area contributed by atoms with Crippen LogP contribution in [0.25, 0.3) is 0 Å². The molecule has 4 atom stereocenters. The summed E-state index contributed by atoms with van der Waals surface area (Å²) in [6.07, 6.45) is 4.27. The van der Waals surface area contributed by atoms with Crippen LogP contribution < -0.4 is 5.32 Å². The van der Waals surface area contributed by atoms with Gasteiger partial charge < -0.3 is 10.4 Å². The molecule has 2 fully saturated rings. The highest BCUT2D eigenvalue weighted by atomic mass is 16.4. The van der Waals surface area contributed by atoms with Crippen LogP contribution in [0.5, 0.6) is 0 Å². The predicted molar refractivity (Wildman–Crippen MR) is 63.3 cm³/mol. The third-order valence-corrected chi connectivity index (χ3v) is 4.49. The Morgan fingerprint density at radius 2 is 1.94 bits per heavy atom. The van der Waals surface area contributed by atoms with Crippen LogP contribution in [-0.2, 0) is 9.59 Å². The molecule has 0 aromatic carbocycles. The Balaban J connectivity index is 1.90. The van der Waals surface area contributed by atoms with E-state index in [4.69, 9.17) is 5.11 Å². The van der Waals surface area contributed by atoms with Gasteiger partial charge >= 0.3 is 5.97 Å². The summed E-state index contributed by atoms with van der Waals surface area (Å²) in [6.45, 7) is 3.81. The predicted octanol–water partition coefficient (Wildman–Crippen LogP) is 1.65. The van der Waals surface area contributed by atoms with Crippen LogP contribution in [0.3, 0.4) is 0 Å². The van der Waals surface area contributed by atoms with E-state index in [-0.39, 0.29) is 17.7 Å². The maximum Gasteiger partial charge on any atom is 0.326 e. The first-order valence-electron chi connectivity index (χ1n) is 6.59. The van der Waals surface area contributed by atoms with E-state index < -0.39 is 12.0 Å². The lowest BCUT2D eigenvalue weighted by Gasteiger charge is -2.20. The van der Waals surface area contributed by atoms with Gasteiger partial charge in [0.25, 0.3) is 0 Å². The Morgan fingerprint density at radius 3 is 2.41 bits per heavy atom. The first kappa shape index (κ1) is 12.4. The van der Waals surface area contributed by atoms with Crippen molar-refractivity contribution in [3.8, 4) is 0 Å². The summed E-state index contributed by atoms with van der Waals surface area (Å²) in [7, 11) is 0. The van der Waals surface area contributed by atoms with Crippen molar-refractivity contribution in [3.63, 3.8) is 0 Å². The summed E-state index contributed by atoms with van der Waals surface area (Å²) in [4.78, 5) is 23.1. The van der Waals surface area contributed by atoms with Gasteiger partial charge in [-0.05, 0) is 30.6 Å². The van der Waals surface area contributed by atoms with Crippen LogP contribution >= 0.6 is 0 Å². The third kappa shape index (κ3) is 2.31. The molecular formula is C13H21NO3. The van der Waals surface area contributed by atoms with Crippen LogP contribution in [-0.4, -0.2) is 23.0 Å². The maximum absolute atomic E-state index is 12.0. The fourth-order valence-corrected chi connectivity index (χ4v) is 3.14. The number of carboxylic acids is 1. The number of carbonyl (C=O) groups is 2. The number of carboxylic acid groups (broad SMARTS) is 1. The van der Waals surface area contributed by atoms with Gasteiger partial charge in [0.15, 0.2) is 0 Å². The van der Waals surface area contributed by atoms with Crippen molar-refractivity contribution in [1.29, 1.82) is 0 Å². The smallest absolute Gasteiger partial charge is 0.326 e. The van der Waals surface area contributed by atoms with Crippen molar-refractivity contribution in [2.75, 3.05) is 0 Å². The highest BCUT2D eigenvalue weighted by Gasteiger charge is 2.56. The van der Waals surface area contributed by atoms with E-state index in [0.29, 0.717) is 11.8 Å². The number of carbonyl (C=O) groups excluding carboxylic acids is 1. The molecule has 0 radical (unpaired) electrons. The number of hydrogen-bond donors (Lipinski definition) is 2. The van der Waals surface area contributed by atoms with Gasteiger partial charge in [-0.25, -0.2) is 4.79 Å². The van der Waals surface area contributed by atoms with Crippen molar-refractivity contribution in [2.24, 2.45) is 23.7 Å². The fourth-order valence-electron chi connectivity index (χ4n) is 3.14. The highest BCUT2D eigenvalue weighted by molar-refractivity contribution is 5.87. The Bertz CT molecular complexity index is 319. The molecule has 1 amide bonds. The number of hydrogen-bond acceptors (Lipinski definition) is 2. The average molecular weight is 239 g/mol. The van der Waals surface area contributed by atoms with E-state index in [9.17, 15) is 9.59 Å². The minimum Gasteiger partial charge on any atom is -0.480 e. The molecule has 2 aliphatic rings. The van der Waals surface area contributed by atoms with Gasteiger partial charge in [0.1, 0.15) is 6.04 Å². The van der Waals surface area contributed by atoms with Crippen LogP contribution in [0.2, 0.25) is 0 Å². The highest BCUT2D eigenvalue weighted by Crippen LogP contribution is 2.57. The number of amides is 1. The van der Waals surface area contributed by atoms with Crippen molar-refractivity contribution in [2.45, 2.75) is 45.6 Å². The topological polar surface area (TPSA) is 66.4 Å². The van der Waals surface area contributed by atoms with E-state index in [0.717, 1.165) is 19.3 Å². The molecule has 96 valence electrons. The summed E-state index contributed by atoms with van der Waals surface area (Å²) >= 11 is 0. The Hall–Kier alpha value is -1.06. The summed E-state index contributed by atoms with van der Waals surface area (Å²) in [5.74, 6) is 0.221. The van der Waals surface area contributed by atoms with Crippen LogP contribution in [0.1, 0.15) is 39.5 Å². The molecule has 0 aliphatic heterocycles.